The van der Waals surface area contributed by atoms with Crippen LogP contribution in [0.25, 0.3) is 0 Å². The van der Waals surface area contributed by atoms with Gasteiger partial charge in [0.2, 0.25) is 5.91 Å². The number of amides is 2. The van der Waals surface area contributed by atoms with Gasteiger partial charge in [-0.15, -0.1) is 0 Å². The van der Waals surface area contributed by atoms with Gasteiger partial charge in [-0.2, -0.15) is 0 Å². The first-order valence-electron chi connectivity index (χ1n) is 8.58. The van der Waals surface area contributed by atoms with Crippen LogP contribution in [-0.4, -0.2) is 23.3 Å². The Morgan fingerprint density at radius 3 is 2.24 bits per heavy atom. The summed E-state index contributed by atoms with van der Waals surface area (Å²) in [7, 11) is 0. The van der Waals surface area contributed by atoms with Crippen molar-refractivity contribution in [3.05, 3.63) is 70.8 Å². The van der Waals surface area contributed by atoms with Crippen molar-refractivity contribution in [3.8, 4) is 0 Å². The van der Waals surface area contributed by atoms with Gasteiger partial charge >= 0.3 is 0 Å². The number of carbonyl (C=O) groups excluding carboxylic acids is 2. The van der Waals surface area contributed by atoms with E-state index in [0.717, 1.165) is 29.7 Å². The van der Waals surface area contributed by atoms with E-state index in [1.807, 2.05) is 41.3 Å². The van der Waals surface area contributed by atoms with Crippen LogP contribution in [0.1, 0.15) is 39.9 Å². The molecule has 1 heterocycles. The highest BCUT2D eigenvalue weighted by molar-refractivity contribution is 5.94. The van der Waals surface area contributed by atoms with Crippen molar-refractivity contribution < 1.29 is 9.59 Å². The molecule has 2 aromatic carbocycles. The van der Waals surface area contributed by atoms with Gasteiger partial charge in [0.25, 0.3) is 5.91 Å². The highest BCUT2D eigenvalue weighted by Gasteiger charge is 2.19. The van der Waals surface area contributed by atoms with E-state index in [-0.39, 0.29) is 11.8 Å². The molecule has 1 fully saturated rings. The second kappa shape index (κ2) is 7.94. The number of nitrogens with zero attached hydrogens (tertiary/aromatic N) is 1. The van der Waals surface area contributed by atoms with Crippen molar-refractivity contribution in [1.29, 1.82) is 0 Å². The highest BCUT2D eigenvalue weighted by Crippen LogP contribution is 2.15. The summed E-state index contributed by atoms with van der Waals surface area (Å²) in [5.41, 5.74) is 9.33. The zero-order chi connectivity index (χ0) is 17.6. The maximum absolute atomic E-state index is 12.2. The maximum atomic E-state index is 12.2. The quantitative estimate of drug-likeness (QED) is 0.848. The van der Waals surface area contributed by atoms with Crippen LogP contribution in [0.3, 0.4) is 0 Å². The van der Waals surface area contributed by atoms with Gasteiger partial charge in [-0.05, 0) is 35.2 Å². The molecule has 1 aliphatic heterocycles. The number of likely N-dealkylation sites (tertiary alicyclic amines) is 1. The number of benzene rings is 2. The molecule has 0 saturated carbocycles. The molecule has 5 heteroatoms. The fourth-order valence-electron chi connectivity index (χ4n) is 2.93. The summed E-state index contributed by atoms with van der Waals surface area (Å²) < 4.78 is 0. The van der Waals surface area contributed by atoms with E-state index >= 15 is 0 Å². The molecule has 0 radical (unpaired) electrons. The van der Waals surface area contributed by atoms with Gasteiger partial charge in [0.1, 0.15) is 0 Å². The number of hydrogen-bond donors (Lipinski definition) is 2. The minimum absolute atomic E-state index is 0.102. The lowest BCUT2D eigenvalue weighted by atomic mass is 10.1. The Labute approximate surface area is 147 Å². The van der Waals surface area contributed by atoms with Crippen molar-refractivity contribution in [2.45, 2.75) is 32.5 Å². The Hall–Kier alpha value is -2.66. The standard InChI is InChI=1S/C20H23N3O2/c21-12-15-7-9-18(10-8-15)20(25)22-13-16-3-5-17(6-4-16)14-23-11-1-2-19(23)24/h3-10H,1-2,11-14,21H2,(H,22,25). The predicted molar refractivity (Wildman–Crippen MR) is 96.6 cm³/mol. The summed E-state index contributed by atoms with van der Waals surface area (Å²) in [6.45, 7) is 2.45. The number of rotatable bonds is 6. The van der Waals surface area contributed by atoms with Crippen molar-refractivity contribution in [3.63, 3.8) is 0 Å². The van der Waals surface area contributed by atoms with Crippen LogP contribution in [-0.2, 0) is 24.4 Å². The van der Waals surface area contributed by atoms with Crippen LogP contribution in [0.15, 0.2) is 48.5 Å². The van der Waals surface area contributed by atoms with Crippen LogP contribution < -0.4 is 11.1 Å². The number of hydrogen-bond acceptors (Lipinski definition) is 3. The monoisotopic (exact) mass is 337 g/mol. The van der Waals surface area contributed by atoms with Gasteiger partial charge in [0.15, 0.2) is 0 Å². The van der Waals surface area contributed by atoms with Gasteiger partial charge in [-0.25, -0.2) is 0 Å². The second-order valence-electron chi connectivity index (χ2n) is 6.32. The Bertz CT molecular complexity index is 739. The molecule has 0 bridgehead atoms. The average molecular weight is 337 g/mol. The van der Waals surface area contributed by atoms with Crippen LogP contribution >= 0.6 is 0 Å². The first-order valence-corrected chi connectivity index (χ1v) is 8.58. The molecule has 0 aromatic heterocycles. The Morgan fingerprint density at radius 2 is 1.64 bits per heavy atom. The Kier molecular flexibility index (Phi) is 5.46. The number of carbonyl (C=O) groups is 2. The third-order valence-electron chi connectivity index (χ3n) is 4.47. The fraction of sp³-hybridized carbons (Fsp3) is 0.300. The molecule has 2 aromatic rings. The molecular weight excluding hydrogens is 314 g/mol. The molecule has 2 amide bonds. The van der Waals surface area contributed by atoms with E-state index in [2.05, 4.69) is 5.32 Å². The molecular formula is C20H23N3O2. The maximum Gasteiger partial charge on any atom is 0.251 e. The minimum Gasteiger partial charge on any atom is -0.348 e. The topological polar surface area (TPSA) is 75.4 Å². The van der Waals surface area contributed by atoms with Crippen molar-refractivity contribution in [2.24, 2.45) is 5.73 Å². The van der Waals surface area contributed by atoms with Crippen LogP contribution in [0, 0.1) is 0 Å². The van der Waals surface area contributed by atoms with E-state index in [9.17, 15) is 9.59 Å². The smallest absolute Gasteiger partial charge is 0.251 e. The fourth-order valence-corrected chi connectivity index (χ4v) is 2.93. The van der Waals surface area contributed by atoms with Gasteiger partial charge in [-0.3, -0.25) is 9.59 Å². The first-order chi connectivity index (χ1) is 12.2. The summed E-state index contributed by atoms with van der Waals surface area (Å²) in [6.07, 6.45) is 1.62. The molecule has 0 aliphatic carbocycles. The molecule has 0 atom stereocenters. The molecule has 1 saturated heterocycles. The van der Waals surface area contributed by atoms with Crippen LogP contribution in [0.4, 0.5) is 0 Å². The molecule has 1 aliphatic rings. The summed E-state index contributed by atoms with van der Waals surface area (Å²) in [5.74, 6) is 0.132. The molecule has 0 unspecified atom stereocenters. The number of nitrogens with two attached hydrogens (primary N) is 1. The molecule has 130 valence electrons. The van der Waals surface area contributed by atoms with E-state index in [1.165, 1.54) is 0 Å². The van der Waals surface area contributed by atoms with Gasteiger partial charge in [0, 0.05) is 38.2 Å². The van der Waals surface area contributed by atoms with E-state index in [4.69, 9.17) is 5.73 Å². The number of nitrogens with one attached hydrogen (secondary N) is 1. The van der Waals surface area contributed by atoms with E-state index in [0.29, 0.717) is 31.6 Å². The molecule has 0 spiro atoms. The summed E-state index contributed by atoms with van der Waals surface area (Å²) in [5, 5.41) is 2.92. The zero-order valence-corrected chi connectivity index (χ0v) is 14.2. The van der Waals surface area contributed by atoms with Crippen molar-refractivity contribution >= 4 is 11.8 Å². The predicted octanol–water partition coefficient (Wildman–Crippen LogP) is 2.20. The Morgan fingerprint density at radius 1 is 1.00 bits per heavy atom. The lowest BCUT2D eigenvalue weighted by molar-refractivity contribution is -0.128. The zero-order valence-electron chi connectivity index (χ0n) is 14.2. The minimum atomic E-state index is -0.102. The van der Waals surface area contributed by atoms with Crippen LogP contribution in [0.2, 0.25) is 0 Å². The van der Waals surface area contributed by atoms with Gasteiger partial charge in [-0.1, -0.05) is 36.4 Å². The molecule has 3 N–H and O–H groups in total. The van der Waals surface area contributed by atoms with E-state index < -0.39 is 0 Å². The molecule has 3 rings (SSSR count). The third kappa shape index (κ3) is 4.45. The van der Waals surface area contributed by atoms with Gasteiger partial charge in [0.05, 0.1) is 0 Å². The molecule has 25 heavy (non-hydrogen) atoms. The second-order valence-corrected chi connectivity index (χ2v) is 6.32. The lowest BCUT2D eigenvalue weighted by Gasteiger charge is -2.15. The largest absolute Gasteiger partial charge is 0.348 e. The summed E-state index contributed by atoms with van der Waals surface area (Å²) in [6, 6.07) is 15.3. The lowest BCUT2D eigenvalue weighted by Crippen LogP contribution is -2.24. The third-order valence-corrected chi connectivity index (χ3v) is 4.47. The van der Waals surface area contributed by atoms with Crippen molar-refractivity contribution in [1.82, 2.24) is 10.2 Å². The SMILES string of the molecule is NCc1ccc(C(=O)NCc2ccc(CN3CCCC3=O)cc2)cc1. The average Bonchev–Trinajstić information content (AvgIpc) is 3.05. The highest BCUT2D eigenvalue weighted by atomic mass is 16.2. The normalized spacial score (nSPS) is 14.0. The Balaban J connectivity index is 1.52. The first kappa shape index (κ1) is 17.2. The van der Waals surface area contributed by atoms with Gasteiger partial charge < -0.3 is 16.0 Å². The summed E-state index contributed by atoms with van der Waals surface area (Å²) >= 11 is 0. The van der Waals surface area contributed by atoms with E-state index in [1.54, 1.807) is 12.1 Å². The van der Waals surface area contributed by atoms with Crippen LogP contribution in [0.5, 0.6) is 0 Å². The molecule has 5 nitrogen and oxygen atoms in total. The van der Waals surface area contributed by atoms with Crippen molar-refractivity contribution in [2.75, 3.05) is 6.54 Å². The summed E-state index contributed by atoms with van der Waals surface area (Å²) in [4.78, 5) is 25.7.